The quantitative estimate of drug-likeness (QED) is 0.882. The van der Waals surface area contributed by atoms with E-state index >= 15 is 0 Å². The number of furan rings is 1. The lowest BCUT2D eigenvalue weighted by Gasteiger charge is -2.10. The summed E-state index contributed by atoms with van der Waals surface area (Å²) in [5.41, 5.74) is 0.944. The summed E-state index contributed by atoms with van der Waals surface area (Å²) in [5, 5.41) is 0. The highest BCUT2D eigenvalue weighted by Gasteiger charge is 2.29. The van der Waals surface area contributed by atoms with Gasteiger partial charge in [0.05, 0.1) is 18.4 Å². The molecule has 2 aromatic rings. The lowest BCUT2D eigenvalue weighted by atomic mass is 10.1. The number of pyridine rings is 1. The first-order valence-electron chi connectivity index (χ1n) is 6.29. The van der Waals surface area contributed by atoms with Crippen molar-refractivity contribution >= 4 is 10.0 Å². The van der Waals surface area contributed by atoms with Gasteiger partial charge in [0.25, 0.3) is 0 Å². The van der Waals surface area contributed by atoms with E-state index in [9.17, 15) is 21.6 Å². The van der Waals surface area contributed by atoms with Gasteiger partial charge in [0, 0.05) is 12.7 Å². The molecular weight excluding hydrogens is 321 g/mol. The molecule has 0 unspecified atom stereocenters. The first-order chi connectivity index (χ1) is 10.3. The fourth-order valence-corrected chi connectivity index (χ4v) is 2.75. The number of sulfonamides is 1. The Balaban J connectivity index is 2.06. The van der Waals surface area contributed by atoms with Crippen LogP contribution in [0.25, 0.3) is 11.5 Å². The van der Waals surface area contributed by atoms with E-state index < -0.39 is 28.4 Å². The Labute approximate surface area is 125 Å². The summed E-state index contributed by atoms with van der Waals surface area (Å²) in [5.74, 6) is -0.558. The molecule has 22 heavy (non-hydrogen) atoms. The molecule has 2 heterocycles. The number of nitrogens with zero attached hydrogens (tertiary/aromatic N) is 1. The summed E-state index contributed by atoms with van der Waals surface area (Å²) < 4.78 is 66.8. The highest BCUT2D eigenvalue weighted by molar-refractivity contribution is 7.89. The number of nitrogens with one attached hydrogen (secondary N) is 1. The lowest BCUT2D eigenvalue weighted by molar-refractivity contribution is -0.129. The molecule has 120 valence electrons. The predicted molar refractivity (Wildman–Crippen MR) is 73.2 cm³/mol. The fraction of sp³-hybridized carbons (Fsp3) is 0.308. The third kappa shape index (κ3) is 4.85. The number of rotatable bonds is 6. The fourth-order valence-electron chi connectivity index (χ4n) is 1.73. The van der Waals surface area contributed by atoms with Crippen LogP contribution in [0.4, 0.5) is 13.2 Å². The first kappa shape index (κ1) is 16.5. The third-order valence-corrected chi connectivity index (χ3v) is 4.11. The number of halogens is 3. The van der Waals surface area contributed by atoms with Crippen LogP contribution in [0.15, 0.2) is 41.1 Å². The van der Waals surface area contributed by atoms with Gasteiger partial charge in [0.1, 0.15) is 5.69 Å². The van der Waals surface area contributed by atoms with Crippen LogP contribution < -0.4 is 4.72 Å². The summed E-state index contributed by atoms with van der Waals surface area (Å²) in [6.45, 7) is -0.163. The molecule has 0 atom stereocenters. The van der Waals surface area contributed by atoms with Gasteiger partial charge < -0.3 is 4.42 Å². The van der Waals surface area contributed by atoms with Crippen LogP contribution in [0.3, 0.4) is 0 Å². The Hall–Kier alpha value is -1.87. The standard InChI is InChI=1S/C13H13F3N2O3S/c14-13(15,16)5-8-22(19,20)18-9-10-3-1-6-17-12(10)11-4-2-7-21-11/h1-4,6-7,18H,5,8-9H2. The van der Waals surface area contributed by atoms with Crippen LogP contribution in [0.2, 0.25) is 0 Å². The van der Waals surface area contributed by atoms with Gasteiger partial charge in [-0.25, -0.2) is 13.1 Å². The molecule has 0 aromatic carbocycles. The monoisotopic (exact) mass is 334 g/mol. The smallest absolute Gasteiger partial charge is 0.390 e. The second kappa shape index (κ2) is 6.49. The minimum absolute atomic E-state index is 0.163. The highest BCUT2D eigenvalue weighted by atomic mass is 32.2. The molecule has 5 nitrogen and oxygen atoms in total. The molecular formula is C13H13F3N2O3S. The molecule has 1 N–H and O–H groups in total. The Morgan fingerprint density at radius 2 is 2.00 bits per heavy atom. The van der Waals surface area contributed by atoms with Crippen molar-refractivity contribution in [3.05, 3.63) is 42.3 Å². The van der Waals surface area contributed by atoms with Crippen molar-refractivity contribution in [1.29, 1.82) is 0 Å². The van der Waals surface area contributed by atoms with E-state index in [4.69, 9.17) is 4.42 Å². The van der Waals surface area contributed by atoms with Gasteiger partial charge in [-0.1, -0.05) is 6.07 Å². The van der Waals surface area contributed by atoms with E-state index in [1.165, 1.54) is 12.5 Å². The molecule has 0 amide bonds. The molecule has 0 aliphatic carbocycles. The molecule has 0 radical (unpaired) electrons. The molecule has 2 rings (SSSR count). The van der Waals surface area contributed by atoms with Gasteiger partial charge in [0.2, 0.25) is 10.0 Å². The predicted octanol–water partition coefficient (Wildman–Crippen LogP) is 2.71. The summed E-state index contributed by atoms with van der Waals surface area (Å²) in [6.07, 6.45) is -2.94. The summed E-state index contributed by atoms with van der Waals surface area (Å²) >= 11 is 0. The van der Waals surface area contributed by atoms with Gasteiger partial charge in [-0.3, -0.25) is 4.98 Å². The van der Waals surface area contributed by atoms with E-state index in [0.29, 0.717) is 17.0 Å². The van der Waals surface area contributed by atoms with E-state index in [-0.39, 0.29) is 6.54 Å². The maximum absolute atomic E-state index is 12.1. The van der Waals surface area contributed by atoms with E-state index in [1.54, 1.807) is 24.3 Å². The maximum Gasteiger partial charge on any atom is 0.390 e. The van der Waals surface area contributed by atoms with Crippen LogP contribution in [-0.2, 0) is 16.6 Å². The topological polar surface area (TPSA) is 72.2 Å². The minimum atomic E-state index is -4.51. The maximum atomic E-state index is 12.1. The highest BCUT2D eigenvalue weighted by Crippen LogP contribution is 2.22. The Morgan fingerprint density at radius 3 is 2.64 bits per heavy atom. The Bertz CT molecular complexity index is 712. The zero-order valence-corrected chi connectivity index (χ0v) is 12.1. The SMILES string of the molecule is O=S(=O)(CCC(F)(F)F)NCc1cccnc1-c1ccco1. The van der Waals surface area contributed by atoms with Crippen molar-refractivity contribution in [2.75, 3.05) is 5.75 Å². The number of hydrogen-bond acceptors (Lipinski definition) is 4. The van der Waals surface area contributed by atoms with Gasteiger partial charge in [-0.15, -0.1) is 0 Å². The normalized spacial score (nSPS) is 12.5. The van der Waals surface area contributed by atoms with Crippen LogP contribution in [-0.4, -0.2) is 25.3 Å². The van der Waals surface area contributed by atoms with Crippen molar-refractivity contribution < 1.29 is 26.0 Å². The van der Waals surface area contributed by atoms with Gasteiger partial charge in [-0.05, 0) is 23.8 Å². The van der Waals surface area contributed by atoms with E-state index in [0.717, 1.165) is 0 Å². The zero-order chi connectivity index (χ0) is 16.2. The molecule has 0 fully saturated rings. The van der Waals surface area contributed by atoms with Crippen LogP contribution in [0.1, 0.15) is 12.0 Å². The number of hydrogen-bond donors (Lipinski definition) is 1. The largest absolute Gasteiger partial charge is 0.463 e. The third-order valence-electron chi connectivity index (χ3n) is 2.78. The van der Waals surface area contributed by atoms with Crippen LogP contribution in [0, 0.1) is 0 Å². The summed E-state index contributed by atoms with van der Waals surface area (Å²) in [7, 11) is -4.03. The average Bonchev–Trinajstić information content (AvgIpc) is 2.97. The van der Waals surface area contributed by atoms with Crippen LogP contribution in [0.5, 0.6) is 0 Å². The van der Waals surface area contributed by atoms with Gasteiger partial charge in [-0.2, -0.15) is 13.2 Å². The molecule has 2 aromatic heterocycles. The van der Waals surface area contributed by atoms with Crippen molar-refractivity contribution in [2.24, 2.45) is 0 Å². The van der Waals surface area contributed by atoms with Gasteiger partial charge in [0.15, 0.2) is 5.76 Å². The average molecular weight is 334 g/mol. The molecule has 0 saturated heterocycles. The number of aromatic nitrogens is 1. The van der Waals surface area contributed by atoms with E-state index in [1.807, 2.05) is 0 Å². The molecule has 0 aliphatic rings. The second-order valence-corrected chi connectivity index (χ2v) is 6.42. The number of alkyl halides is 3. The van der Waals surface area contributed by atoms with Crippen molar-refractivity contribution in [1.82, 2.24) is 9.71 Å². The summed E-state index contributed by atoms with van der Waals surface area (Å²) in [4.78, 5) is 4.10. The van der Waals surface area contributed by atoms with Gasteiger partial charge >= 0.3 is 6.18 Å². The minimum Gasteiger partial charge on any atom is -0.463 e. The first-order valence-corrected chi connectivity index (χ1v) is 7.94. The molecule has 0 spiro atoms. The Kier molecular flexibility index (Phi) is 4.87. The second-order valence-electron chi connectivity index (χ2n) is 4.49. The van der Waals surface area contributed by atoms with Crippen molar-refractivity contribution in [3.63, 3.8) is 0 Å². The van der Waals surface area contributed by atoms with Crippen LogP contribution >= 0.6 is 0 Å². The van der Waals surface area contributed by atoms with Crippen molar-refractivity contribution in [2.45, 2.75) is 19.1 Å². The molecule has 9 heteroatoms. The summed E-state index contributed by atoms with van der Waals surface area (Å²) in [6, 6.07) is 6.54. The molecule has 0 bridgehead atoms. The molecule has 0 aliphatic heterocycles. The van der Waals surface area contributed by atoms with E-state index in [2.05, 4.69) is 9.71 Å². The zero-order valence-electron chi connectivity index (χ0n) is 11.3. The Morgan fingerprint density at radius 1 is 1.23 bits per heavy atom. The lowest BCUT2D eigenvalue weighted by Crippen LogP contribution is -2.28. The van der Waals surface area contributed by atoms with Crippen molar-refractivity contribution in [3.8, 4) is 11.5 Å². The molecule has 0 saturated carbocycles.